The van der Waals surface area contributed by atoms with Crippen LogP contribution in [0.2, 0.25) is 0 Å². The number of hydrogen-bond donors (Lipinski definition) is 2. The number of halogens is 1. The van der Waals surface area contributed by atoms with Crippen LogP contribution in [0.25, 0.3) is 0 Å². The van der Waals surface area contributed by atoms with E-state index in [-0.39, 0.29) is 12.4 Å². The first-order chi connectivity index (χ1) is 14.2. The number of carbonyl (C=O) groups excluding carboxylic acids is 3. The van der Waals surface area contributed by atoms with Gasteiger partial charge < -0.3 is 10.6 Å². The summed E-state index contributed by atoms with van der Waals surface area (Å²) in [5.74, 6) is -1.28. The second-order valence-corrected chi connectivity index (χ2v) is 8.09. The number of rotatable bonds is 7. The van der Waals surface area contributed by atoms with Crippen LogP contribution in [0.5, 0.6) is 0 Å². The minimum atomic E-state index is -1.18. The fourth-order valence-corrected chi connectivity index (χ4v) is 3.76. The number of urea groups is 1. The molecule has 2 aromatic carbocycles. The molecule has 0 aromatic heterocycles. The molecule has 3 rings (SSSR count). The predicted octanol–water partition coefficient (Wildman–Crippen LogP) is 3.08. The first kappa shape index (κ1) is 21.5. The van der Waals surface area contributed by atoms with Gasteiger partial charge in [0.2, 0.25) is 5.91 Å². The van der Waals surface area contributed by atoms with E-state index in [0.717, 1.165) is 4.90 Å². The predicted molar refractivity (Wildman–Crippen MR) is 111 cm³/mol. The highest BCUT2D eigenvalue weighted by atomic mass is 19.1. The van der Waals surface area contributed by atoms with Crippen LogP contribution in [0.4, 0.5) is 9.18 Å². The Hall–Kier alpha value is -3.22. The lowest BCUT2D eigenvalue weighted by atomic mass is 9.84. The maximum atomic E-state index is 14.1. The van der Waals surface area contributed by atoms with Crippen LogP contribution in [0.1, 0.15) is 38.3 Å². The summed E-state index contributed by atoms with van der Waals surface area (Å²) in [5, 5.41) is 5.47. The minimum absolute atomic E-state index is 0.161. The standard InChI is InChI=1S/C23H26FN3O3/c1-4-23(16-10-6-5-7-11-16)20(29)27(21(30)26-23)14-19(28)25-15-22(2,3)17-12-8-9-13-18(17)24/h5-13H,4,14-15H2,1-3H3,(H,25,28)(H,26,30). The number of hydrogen-bond acceptors (Lipinski definition) is 3. The quantitative estimate of drug-likeness (QED) is 0.688. The molecule has 0 aliphatic carbocycles. The van der Waals surface area contributed by atoms with Gasteiger partial charge in [-0.05, 0) is 23.6 Å². The van der Waals surface area contributed by atoms with Gasteiger partial charge in [-0.25, -0.2) is 9.18 Å². The van der Waals surface area contributed by atoms with Crippen molar-refractivity contribution >= 4 is 17.8 Å². The van der Waals surface area contributed by atoms with Crippen molar-refractivity contribution in [3.05, 3.63) is 71.5 Å². The summed E-state index contributed by atoms with van der Waals surface area (Å²) in [7, 11) is 0. The number of amides is 4. The zero-order valence-electron chi connectivity index (χ0n) is 17.4. The van der Waals surface area contributed by atoms with Crippen molar-refractivity contribution in [1.82, 2.24) is 15.5 Å². The molecule has 2 N–H and O–H groups in total. The van der Waals surface area contributed by atoms with Gasteiger partial charge in [-0.2, -0.15) is 0 Å². The zero-order valence-corrected chi connectivity index (χ0v) is 17.4. The molecule has 1 aliphatic heterocycles. The summed E-state index contributed by atoms with van der Waals surface area (Å²) in [6.07, 6.45) is 0.361. The summed E-state index contributed by atoms with van der Waals surface area (Å²) < 4.78 is 14.1. The average Bonchev–Trinajstić information content (AvgIpc) is 2.98. The third-order valence-electron chi connectivity index (χ3n) is 5.60. The van der Waals surface area contributed by atoms with Crippen LogP contribution in [0.15, 0.2) is 54.6 Å². The number of nitrogens with one attached hydrogen (secondary N) is 2. The van der Waals surface area contributed by atoms with Crippen LogP contribution in [-0.4, -0.2) is 35.8 Å². The van der Waals surface area contributed by atoms with Crippen LogP contribution in [-0.2, 0) is 20.5 Å². The monoisotopic (exact) mass is 411 g/mol. The van der Waals surface area contributed by atoms with Gasteiger partial charge in [0.15, 0.2) is 0 Å². The van der Waals surface area contributed by atoms with Crippen LogP contribution in [0.3, 0.4) is 0 Å². The smallest absolute Gasteiger partial charge is 0.325 e. The molecule has 158 valence electrons. The number of benzene rings is 2. The van der Waals surface area contributed by atoms with Crippen molar-refractivity contribution in [3.8, 4) is 0 Å². The maximum absolute atomic E-state index is 14.1. The number of carbonyl (C=O) groups is 3. The molecule has 0 spiro atoms. The van der Waals surface area contributed by atoms with Gasteiger partial charge in [0, 0.05) is 12.0 Å². The molecular weight excluding hydrogens is 385 g/mol. The fraction of sp³-hybridized carbons (Fsp3) is 0.348. The van der Waals surface area contributed by atoms with Gasteiger partial charge in [-0.1, -0.05) is 69.3 Å². The third-order valence-corrected chi connectivity index (χ3v) is 5.60. The first-order valence-electron chi connectivity index (χ1n) is 9.92. The Morgan fingerprint density at radius 1 is 1.10 bits per heavy atom. The molecule has 1 heterocycles. The highest BCUT2D eigenvalue weighted by Gasteiger charge is 2.51. The van der Waals surface area contributed by atoms with Crippen molar-refractivity contribution < 1.29 is 18.8 Å². The minimum Gasteiger partial charge on any atom is -0.354 e. The van der Waals surface area contributed by atoms with Gasteiger partial charge >= 0.3 is 6.03 Å². The normalized spacial score (nSPS) is 19.0. The van der Waals surface area contributed by atoms with E-state index in [4.69, 9.17) is 0 Å². The number of nitrogens with zero attached hydrogens (tertiary/aromatic N) is 1. The Balaban J connectivity index is 1.69. The highest BCUT2D eigenvalue weighted by Crippen LogP contribution is 2.32. The molecule has 0 radical (unpaired) electrons. The Kier molecular flexibility index (Phi) is 5.92. The summed E-state index contributed by atoms with van der Waals surface area (Å²) >= 11 is 0. The molecule has 1 aliphatic rings. The van der Waals surface area contributed by atoms with Crippen LogP contribution >= 0.6 is 0 Å². The van der Waals surface area contributed by atoms with E-state index in [0.29, 0.717) is 17.5 Å². The summed E-state index contributed by atoms with van der Waals surface area (Å²) in [6, 6.07) is 14.8. The molecular formula is C23H26FN3O3. The molecule has 0 saturated carbocycles. The molecule has 7 heteroatoms. The lowest BCUT2D eigenvalue weighted by molar-refractivity contribution is -0.135. The Labute approximate surface area is 175 Å². The first-order valence-corrected chi connectivity index (χ1v) is 9.92. The van der Waals surface area contributed by atoms with Gasteiger partial charge in [0.1, 0.15) is 17.9 Å². The van der Waals surface area contributed by atoms with Crippen molar-refractivity contribution in [2.24, 2.45) is 0 Å². The molecule has 30 heavy (non-hydrogen) atoms. The molecule has 1 saturated heterocycles. The Morgan fingerprint density at radius 2 is 1.73 bits per heavy atom. The van der Waals surface area contributed by atoms with E-state index in [1.165, 1.54) is 6.07 Å². The van der Waals surface area contributed by atoms with Crippen molar-refractivity contribution in [2.45, 2.75) is 38.1 Å². The van der Waals surface area contributed by atoms with Crippen molar-refractivity contribution in [1.29, 1.82) is 0 Å². The van der Waals surface area contributed by atoms with E-state index in [9.17, 15) is 18.8 Å². The zero-order chi connectivity index (χ0) is 21.9. The van der Waals surface area contributed by atoms with E-state index >= 15 is 0 Å². The molecule has 1 atom stereocenters. The average molecular weight is 411 g/mol. The van der Waals surface area contributed by atoms with Crippen LogP contribution in [0, 0.1) is 5.82 Å². The van der Waals surface area contributed by atoms with Gasteiger partial charge in [0.25, 0.3) is 5.91 Å². The van der Waals surface area contributed by atoms with Crippen LogP contribution < -0.4 is 10.6 Å². The van der Waals surface area contributed by atoms with E-state index < -0.39 is 35.3 Å². The molecule has 1 unspecified atom stereocenters. The summed E-state index contributed by atoms with van der Waals surface area (Å²) in [6.45, 7) is 5.21. The Bertz CT molecular complexity index is 961. The van der Waals surface area contributed by atoms with Gasteiger partial charge in [-0.3, -0.25) is 14.5 Å². The second-order valence-electron chi connectivity index (χ2n) is 8.09. The molecule has 1 fully saturated rings. The molecule has 0 bridgehead atoms. The SMILES string of the molecule is CCC1(c2ccccc2)NC(=O)N(CC(=O)NCC(C)(C)c2ccccc2F)C1=O. The van der Waals surface area contributed by atoms with Gasteiger partial charge in [-0.15, -0.1) is 0 Å². The Morgan fingerprint density at radius 3 is 2.37 bits per heavy atom. The summed E-state index contributed by atoms with van der Waals surface area (Å²) in [4.78, 5) is 39.0. The lowest BCUT2D eigenvalue weighted by Crippen LogP contribution is -2.46. The van der Waals surface area contributed by atoms with Crippen molar-refractivity contribution in [3.63, 3.8) is 0 Å². The number of imide groups is 1. The second kappa shape index (κ2) is 8.26. The van der Waals surface area contributed by atoms with E-state index in [1.807, 2.05) is 26.8 Å². The summed E-state index contributed by atoms with van der Waals surface area (Å²) in [5.41, 5.74) is -0.676. The lowest BCUT2D eigenvalue weighted by Gasteiger charge is -2.27. The third kappa shape index (κ3) is 3.92. The molecule has 4 amide bonds. The molecule has 6 nitrogen and oxygen atoms in total. The highest BCUT2D eigenvalue weighted by molar-refractivity contribution is 6.09. The van der Waals surface area contributed by atoms with E-state index in [2.05, 4.69) is 10.6 Å². The van der Waals surface area contributed by atoms with Gasteiger partial charge in [0.05, 0.1) is 0 Å². The topological polar surface area (TPSA) is 78.5 Å². The fourth-order valence-electron chi connectivity index (χ4n) is 3.76. The van der Waals surface area contributed by atoms with Crippen molar-refractivity contribution in [2.75, 3.05) is 13.1 Å². The molecule has 2 aromatic rings. The van der Waals surface area contributed by atoms with E-state index in [1.54, 1.807) is 42.5 Å². The largest absolute Gasteiger partial charge is 0.354 e. The maximum Gasteiger partial charge on any atom is 0.325 e.